The molecule has 0 saturated heterocycles. The number of amides is 2. The molecule has 0 heterocycles. The lowest BCUT2D eigenvalue weighted by Crippen LogP contribution is -2.48. The highest BCUT2D eigenvalue weighted by Gasteiger charge is 2.25. The van der Waals surface area contributed by atoms with E-state index in [2.05, 4.69) is 12.2 Å². The molecule has 2 aromatic carbocycles. The molecule has 1 unspecified atom stereocenters. The van der Waals surface area contributed by atoms with Gasteiger partial charge in [-0.05, 0) is 31.4 Å². The van der Waals surface area contributed by atoms with Gasteiger partial charge in [0.25, 0.3) is 5.69 Å². The molecular weight excluding hydrogens is 426 g/mol. The van der Waals surface area contributed by atoms with Crippen LogP contribution < -0.4 is 5.32 Å². The van der Waals surface area contributed by atoms with Crippen LogP contribution in [0, 0.1) is 17.0 Å². The second kappa shape index (κ2) is 12.9. The Labute approximate surface area is 193 Å². The van der Waals surface area contributed by atoms with Crippen molar-refractivity contribution in [2.75, 3.05) is 12.3 Å². The van der Waals surface area contributed by atoms with Gasteiger partial charge >= 0.3 is 0 Å². The number of nitro benzene ring substituents is 1. The lowest BCUT2D eigenvalue weighted by Gasteiger charge is -2.29. The molecule has 7 nitrogen and oxygen atoms in total. The second-order valence-electron chi connectivity index (χ2n) is 7.74. The maximum atomic E-state index is 13.1. The highest BCUT2D eigenvalue weighted by Crippen LogP contribution is 2.18. The van der Waals surface area contributed by atoms with Crippen molar-refractivity contribution in [2.24, 2.45) is 0 Å². The van der Waals surface area contributed by atoms with Crippen molar-refractivity contribution >= 4 is 29.3 Å². The van der Waals surface area contributed by atoms with E-state index in [0.29, 0.717) is 18.8 Å². The fraction of sp³-hybridized carbons (Fsp3) is 0.417. The Kier molecular flexibility index (Phi) is 10.2. The van der Waals surface area contributed by atoms with Crippen LogP contribution in [0.3, 0.4) is 0 Å². The fourth-order valence-corrected chi connectivity index (χ4v) is 3.93. The molecule has 1 atom stereocenters. The Hall–Kier alpha value is -2.87. The summed E-state index contributed by atoms with van der Waals surface area (Å²) in [6.45, 7) is 6.78. The summed E-state index contributed by atoms with van der Waals surface area (Å²) in [4.78, 5) is 37.6. The van der Waals surface area contributed by atoms with Crippen molar-refractivity contribution in [1.29, 1.82) is 0 Å². The van der Waals surface area contributed by atoms with Crippen molar-refractivity contribution in [3.8, 4) is 0 Å². The predicted octanol–water partition coefficient (Wildman–Crippen LogP) is 4.47. The van der Waals surface area contributed by atoms with E-state index in [9.17, 15) is 19.7 Å². The molecule has 32 heavy (non-hydrogen) atoms. The summed E-state index contributed by atoms with van der Waals surface area (Å²) in [5.41, 5.74) is 3.05. The van der Waals surface area contributed by atoms with Crippen LogP contribution in [0.4, 0.5) is 5.69 Å². The lowest BCUT2D eigenvalue weighted by atomic mass is 10.1. The molecule has 0 saturated carbocycles. The number of unbranched alkanes of at least 4 members (excludes halogenated alkanes) is 1. The zero-order chi connectivity index (χ0) is 23.5. The molecule has 2 rings (SSSR count). The molecular formula is C24H31N3O4S. The molecule has 0 fully saturated rings. The third kappa shape index (κ3) is 8.00. The maximum Gasteiger partial charge on any atom is 0.269 e. The van der Waals surface area contributed by atoms with E-state index in [1.807, 2.05) is 31.2 Å². The Morgan fingerprint density at radius 1 is 1.09 bits per heavy atom. The minimum Gasteiger partial charge on any atom is -0.354 e. The number of hydrogen-bond donors (Lipinski definition) is 1. The smallest absolute Gasteiger partial charge is 0.269 e. The predicted molar refractivity (Wildman–Crippen MR) is 128 cm³/mol. The van der Waals surface area contributed by atoms with Gasteiger partial charge in [-0.3, -0.25) is 19.7 Å². The van der Waals surface area contributed by atoms with Gasteiger partial charge in [0, 0.05) is 31.0 Å². The van der Waals surface area contributed by atoms with Crippen LogP contribution in [0.2, 0.25) is 0 Å². The molecule has 1 N–H and O–H groups in total. The van der Waals surface area contributed by atoms with Crippen LogP contribution >= 0.6 is 11.8 Å². The van der Waals surface area contributed by atoms with Gasteiger partial charge in [-0.25, -0.2) is 0 Å². The molecule has 2 aromatic rings. The van der Waals surface area contributed by atoms with Crippen molar-refractivity contribution in [3.05, 3.63) is 75.3 Å². The van der Waals surface area contributed by atoms with E-state index in [1.54, 1.807) is 24.0 Å². The van der Waals surface area contributed by atoms with Crippen molar-refractivity contribution in [2.45, 2.75) is 52.0 Å². The number of benzene rings is 2. The zero-order valence-electron chi connectivity index (χ0n) is 18.9. The van der Waals surface area contributed by atoms with Gasteiger partial charge in [0.15, 0.2) is 0 Å². The Morgan fingerprint density at radius 3 is 2.31 bits per heavy atom. The summed E-state index contributed by atoms with van der Waals surface area (Å²) in [6, 6.07) is 13.7. The lowest BCUT2D eigenvalue weighted by molar-refractivity contribution is -0.384. The van der Waals surface area contributed by atoms with Gasteiger partial charge in [-0.1, -0.05) is 55.3 Å². The van der Waals surface area contributed by atoms with Gasteiger partial charge in [0.1, 0.15) is 6.04 Å². The molecule has 0 aliphatic carbocycles. The van der Waals surface area contributed by atoms with E-state index < -0.39 is 11.0 Å². The number of carbonyl (C=O) groups excluding carboxylic acids is 2. The van der Waals surface area contributed by atoms with Crippen molar-refractivity contribution in [3.63, 3.8) is 0 Å². The molecule has 8 heteroatoms. The van der Waals surface area contributed by atoms with E-state index in [-0.39, 0.29) is 23.3 Å². The van der Waals surface area contributed by atoms with E-state index in [0.717, 1.165) is 29.5 Å². The van der Waals surface area contributed by atoms with E-state index >= 15 is 0 Å². The summed E-state index contributed by atoms with van der Waals surface area (Å²) in [7, 11) is 0. The molecule has 0 spiro atoms. The number of rotatable bonds is 12. The molecule has 172 valence electrons. The first-order valence-electron chi connectivity index (χ1n) is 10.8. The summed E-state index contributed by atoms with van der Waals surface area (Å²) in [5.74, 6) is 0.504. The Morgan fingerprint density at radius 2 is 1.72 bits per heavy atom. The normalized spacial score (nSPS) is 11.6. The minimum absolute atomic E-state index is 0.0435. The first-order valence-corrected chi connectivity index (χ1v) is 11.9. The van der Waals surface area contributed by atoms with Gasteiger partial charge in [0.2, 0.25) is 11.8 Å². The number of nitro groups is 1. The fourth-order valence-electron chi connectivity index (χ4n) is 3.06. The molecule has 0 bridgehead atoms. The van der Waals surface area contributed by atoms with Crippen LogP contribution in [0.1, 0.15) is 43.4 Å². The van der Waals surface area contributed by atoms with E-state index in [4.69, 9.17) is 0 Å². The quantitative estimate of drug-likeness (QED) is 0.288. The monoisotopic (exact) mass is 457 g/mol. The summed E-state index contributed by atoms with van der Waals surface area (Å²) in [6.07, 6.45) is 1.88. The number of nitrogens with zero attached hydrogens (tertiary/aromatic N) is 2. The van der Waals surface area contributed by atoms with Crippen LogP contribution in [-0.2, 0) is 21.9 Å². The van der Waals surface area contributed by atoms with Gasteiger partial charge in [-0.15, -0.1) is 11.8 Å². The van der Waals surface area contributed by atoms with Crippen molar-refractivity contribution < 1.29 is 14.5 Å². The first-order chi connectivity index (χ1) is 15.3. The third-order valence-electron chi connectivity index (χ3n) is 5.11. The molecule has 0 aromatic heterocycles. The Bertz CT molecular complexity index is 900. The minimum atomic E-state index is -0.583. The number of non-ortho nitro benzene ring substituents is 1. The number of carbonyl (C=O) groups is 2. The molecule has 2 amide bonds. The Balaban J connectivity index is 2.02. The maximum absolute atomic E-state index is 13.1. The van der Waals surface area contributed by atoms with Gasteiger partial charge in [-0.2, -0.15) is 0 Å². The molecule has 0 radical (unpaired) electrons. The largest absolute Gasteiger partial charge is 0.354 e. The average molecular weight is 458 g/mol. The van der Waals surface area contributed by atoms with Crippen molar-refractivity contribution in [1.82, 2.24) is 10.2 Å². The summed E-state index contributed by atoms with van der Waals surface area (Å²) < 4.78 is 0. The third-order valence-corrected chi connectivity index (χ3v) is 6.10. The number of nitrogens with one attached hydrogen (secondary N) is 1. The number of hydrogen-bond acceptors (Lipinski definition) is 5. The zero-order valence-corrected chi connectivity index (χ0v) is 19.7. The average Bonchev–Trinajstić information content (AvgIpc) is 2.78. The van der Waals surface area contributed by atoms with Gasteiger partial charge in [0.05, 0.1) is 10.7 Å². The summed E-state index contributed by atoms with van der Waals surface area (Å²) >= 11 is 1.43. The first kappa shape index (κ1) is 25.4. The van der Waals surface area contributed by atoms with Crippen LogP contribution in [0.15, 0.2) is 48.5 Å². The van der Waals surface area contributed by atoms with Crippen LogP contribution in [-0.4, -0.2) is 40.0 Å². The highest BCUT2D eigenvalue weighted by atomic mass is 32.2. The van der Waals surface area contributed by atoms with E-state index in [1.165, 1.54) is 23.9 Å². The number of thioether (sulfide) groups is 1. The van der Waals surface area contributed by atoms with Gasteiger partial charge < -0.3 is 10.2 Å². The topological polar surface area (TPSA) is 92.6 Å². The second-order valence-corrected chi connectivity index (χ2v) is 8.73. The SMILES string of the molecule is CCCCNC(=O)C(C)N(Cc1ccc(C)cc1)C(=O)CSCc1ccc([N+](=O)[O-])cc1. The van der Waals surface area contributed by atoms with Crippen LogP contribution in [0.25, 0.3) is 0 Å². The highest BCUT2D eigenvalue weighted by molar-refractivity contribution is 7.99. The van der Waals surface area contributed by atoms with Crippen LogP contribution in [0.5, 0.6) is 0 Å². The molecule has 0 aliphatic rings. The molecule has 0 aliphatic heterocycles. The number of aryl methyl sites for hydroxylation is 1. The summed E-state index contributed by atoms with van der Waals surface area (Å²) in [5, 5.41) is 13.7. The standard InChI is InChI=1S/C24H31N3O4S/c1-4-5-14-25-24(29)19(3)26(15-20-8-6-18(2)7-9-20)23(28)17-32-16-21-10-12-22(13-11-21)27(30)31/h6-13,19H,4-5,14-17H2,1-3H3,(H,25,29).